The van der Waals surface area contributed by atoms with Crippen LogP contribution < -0.4 is 0 Å². The van der Waals surface area contributed by atoms with Gasteiger partial charge in [-0.15, -0.1) is 0 Å². The van der Waals surface area contributed by atoms with Gasteiger partial charge in [0.2, 0.25) is 0 Å². The lowest BCUT2D eigenvalue weighted by Crippen LogP contribution is -2.14. The van der Waals surface area contributed by atoms with E-state index < -0.39 is 11.9 Å². The van der Waals surface area contributed by atoms with Crippen LogP contribution in [-0.4, -0.2) is 33.7 Å². The number of ether oxygens (including phenoxy) is 1. The highest BCUT2D eigenvalue weighted by Crippen LogP contribution is 2.09. The summed E-state index contributed by atoms with van der Waals surface area (Å²) in [5, 5.41) is 8.94. The molecule has 1 heterocycles. The third-order valence-corrected chi connectivity index (χ3v) is 1.88. The first-order chi connectivity index (χ1) is 7.11. The molecule has 82 valence electrons. The number of aromatic carboxylic acids is 1. The molecule has 1 aromatic heterocycles. The molecule has 0 fully saturated rings. The first-order valence-corrected chi connectivity index (χ1v) is 4.48. The Balaban J connectivity index is 3.17. The van der Waals surface area contributed by atoms with E-state index in [0.717, 1.165) is 6.42 Å². The topological polar surface area (TPSA) is 81.4 Å². The van der Waals surface area contributed by atoms with Gasteiger partial charge in [0.1, 0.15) is 0 Å². The number of hydrogen-bond acceptors (Lipinski definition) is 4. The SMILES string of the molecule is CCCn1cnc(C(=O)OC)c1C(=O)O. The predicted octanol–water partition coefficient (Wildman–Crippen LogP) is 0.778. The van der Waals surface area contributed by atoms with Crippen molar-refractivity contribution < 1.29 is 19.4 Å². The van der Waals surface area contributed by atoms with Crippen molar-refractivity contribution in [3.8, 4) is 0 Å². The summed E-state index contributed by atoms with van der Waals surface area (Å²) in [5.41, 5.74) is -0.276. The van der Waals surface area contributed by atoms with Gasteiger partial charge >= 0.3 is 11.9 Å². The third-order valence-electron chi connectivity index (χ3n) is 1.88. The number of carboxylic acids is 1. The Morgan fingerprint density at radius 2 is 2.27 bits per heavy atom. The van der Waals surface area contributed by atoms with E-state index in [-0.39, 0.29) is 11.4 Å². The van der Waals surface area contributed by atoms with E-state index in [1.54, 1.807) is 0 Å². The lowest BCUT2D eigenvalue weighted by atomic mass is 10.3. The van der Waals surface area contributed by atoms with Crippen molar-refractivity contribution in [2.75, 3.05) is 7.11 Å². The second kappa shape index (κ2) is 4.59. The molecule has 0 aliphatic rings. The summed E-state index contributed by atoms with van der Waals surface area (Å²) in [6.45, 7) is 2.41. The zero-order valence-corrected chi connectivity index (χ0v) is 8.56. The van der Waals surface area contributed by atoms with Crippen LogP contribution in [0.2, 0.25) is 0 Å². The zero-order valence-electron chi connectivity index (χ0n) is 8.56. The van der Waals surface area contributed by atoms with E-state index >= 15 is 0 Å². The summed E-state index contributed by atoms with van der Waals surface area (Å²) in [7, 11) is 1.19. The van der Waals surface area contributed by atoms with Gasteiger partial charge in [0.25, 0.3) is 0 Å². The van der Waals surface area contributed by atoms with Gasteiger partial charge in [0.05, 0.1) is 13.4 Å². The molecular formula is C9H12N2O4. The molecule has 0 aliphatic carbocycles. The van der Waals surface area contributed by atoms with Crippen molar-refractivity contribution in [3.63, 3.8) is 0 Å². The maximum atomic E-state index is 11.2. The molecule has 0 unspecified atom stereocenters. The van der Waals surface area contributed by atoms with Crippen LogP contribution in [0.4, 0.5) is 0 Å². The minimum absolute atomic E-state index is 0.122. The van der Waals surface area contributed by atoms with Crippen molar-refractivity contribution in [1.29, 1.82) is 0 Å². The minimum atomic E-state index is -1.18. The maximum Gasteiger partial charge on any atom is 0.359 e. The number of nitrogens with zero attached hydrogens (tertiary/aromatic N) is 2. The Labute approximate surface area is 86.5 Å². The lowest BCUT2D eigenvalue weighted by Gasteiger charge is -2.03. The Bertz CT molecular complexity index is 383. The Morgan fingerprint density at radius 1 is 1.60 bits per heavy atom. The first-order valence-electron chi connectivity index (χ1n) is 4.48. The van der Waals surface area contributed by atoms with Gasteiger partial charge in [-0.05, 0) is 6.42 Å². The van der Waals surface area contributed by atoms with Crippen LogP contribution in [-0.2, 0) is 11.3 Å². The molecule has 15 heavy (non-hydrogen) atoms. The molecule has 0 aliphatic heterocycles. The zero-order chi connectivity index (χ0) is 11.4. The second-order valence-electron chi connectivity index (χ2n) is 2.93. The van der Waals surface area contributed by atoms with E-state index in [9.17, 15) is 9.59 Å². The van der Waals surface area contributed by atoms with Gasteiger partial charge in [-0.1, -0.05) is 6.92 Å². The highest BCUT2D eigenvalue weighted by molar-refractivity contribution is 5.99. The first kappa shape index (κ1) is 11.2. The average molecular weight is 212 g/mol. The van der Waals surface area contributed by atoms with Gasteiger partial charge in [0.15, 0.2) is 11.4 Å². The largest absolute Gasteiger partial charge is 0.476 e. The summed E-state index contributed by atoms with van der Waals surface area (Å²) >= 11 is 0. The number of imidazole rings is 1. The molecule has 0 bridgehead atoms. The fraction of sp³-hybridized carbons (Fsp3) is 0.444. The van der Waals surface area contributed by atoms with Crippen LogP contribution in [0.5, 0.6) is 0 Å². The fourth-order valence-electron chi connectivity index (χ4n) is 1.26. The predicted molar refractivity (Wildman–Crippen MR) is 50.8 cm³/mol. The van der Waals surface area contributed by atoms with Gasteiger partial charge < -0.3 is 14.4 Å². The second-order valence-corrected chi connectivity index (χ2v) is 2.93. The monoisotopic (exact) mass is 212 g/mol. The number of rotatable bonds is 4. The maximum absolute atomic E-state index is 11.2. The molecular weight excluding hydrogens is 200 g/mol. The van der Waals surface area contributed by atoms with Crippen LogP contribution >= 0.6 is 0 Å². The van der Waals surface area contributed by atoms with Gasteiger partial charge in [-0.3, -0.25) is 0 Å². The van der Waals surface area contributed by atoms with Crippen LogP contribution in [0.15, 0.2) is 6.33 Å². The molecule has 0 saturated heterocycles. The quantitative estimate of drug-likeness (QED) is 0.746. The molecule has 0 amide bonds. The molecule has 0 atom stereocenters. The molecule has 1 rings (SSSR count). The molecule has 0 radical (unpaired) electrons. The van der Waals surface area contributed by atoms with E-state index in [1.165, 1.54) is 18.0 Å². The summed E-state index contributed by atoms with van der Waals surface area (Å²) in [4.78, 5) is 25.9. The molecule has 6 nitrogen and oxygen atoms in total. The average Bonchev–Trinajstić information content (AvgIpc) is 2.61. The number of methoxy groups -OCH3 is 1. The Kier molecular flexibility index (Phi) is 3.43. The van der Waals surface area contributed by atoms with Gasteiger partial charge in [-0.25, -0.2) is 14.6 Å². The summed E-state index contributed by atoms with van der Waals surface area (Å²) in [6, 6.07) is 0. The van der Waals surface area contributed by atoms with Crippen molar-refractivity contribution in [1.82, 2.24) is 9.55 Å². The fourth-order valence-corrected chi connectivity index (χ4v) is 1.26. The number of aromatic nitrogens is 2. The molecule has 0 saturated carbocycles. The highest BCUT2D eigenvalue weighted by Gasteiger charge is 2.23. The number of carbonyl (C=O) groups excluding carboxylic acids is 1. The van der Waals surface area contributed by atoms with E-state index in [2.05, 4.69) is 9.72 Å². The van der Waals surface area contributed by atoms with Crippen LogP contribution in [0.3, 0.4) is 0 Å². The highest BCUT2D eigenvalue weighted by atomic mass is 16.5. The van der Waals surface area contributed by atoms with E-state index in [1.807, 2.05) is 6.92 Å². The lowest BCUT2D eigenvalue weighted by molar-refractivity contribution is 0.0574. The minimum Gasteiger partial charge on any atom is -0.476 e. The third kappa shape index (κ3) is 2.15. The van der Waals surface area contributed by atoms with E-state index in [0.29, 0.717) is 6.54 Å². The number of hydrogen-bond donors (Lipinski definition) is 1. The summed E-state index contributed by atoms with van der Waals surface area (Å²) in [6.07, 6.45) is 2.09. The Morgan fingerprint density at radius 3 is 2.73 bits per heavy atom. The molecule has 0 spiro atoms. The Hall–Kier alpha value is -1.85. The van der Waals surface area contributed by atoms with Gasteiger partial charge in [-0.2, -0.15) is 0 Å². The number of carbonyl (C=O) groups is 2. The normalized spacial score (nSPS) is 10.0. The molecule has 0 aromatic carbocycles. The summed E-state index contributed by atoms with van der Waals surface area (Å²) < 4.78 is 5.87. The number of aryl methyl sites for hydroxylation is 1. The van der Waals surface area contributed by atoms with E-state index in [4.69, 9.17) is 5.11 Å². The van der Waals surface area contributed by atoms with Gasteiger partial charge in [0, 0.05) is 6.54 Å². The van der Waals surface area contributed by atoms with Crippen molar-refractivity contribution in [3.05, 3.63) is 17.7 Å². The molecule has 1 aromatic rings. The molecule has 6 heteroatoms. The van der Waals surface area contributed by atoms with Crippen molar-refractivity contribution in [2.24, 2.45) is 0 Å². The van der Waals surface area contributed by atoms with Crippen LogP contribution in [0.25, 0.3) is 0 Å². The van der Waals surface area contributed by atoms with Crippen LogP contribution in [0.1, 0.15) is 34.3 Å². The van der Waals surface area contributed by atoms with Crippen molar-refractivity contribution >= 4 is 11.9 Å². The summed E-state index contributed by atoms with van der Waals surface area (Å²) in [5.74, 6) is -1.91. The standard InChI is InChI=1S/C9H12N2O4/c1-3-4-11-5-10-6(9(14)15-2)7(11)8(12)13/h5H,3-4H2,1-2H3,(H,12,13). The number of carboxylic acid groups (broad SMARTS) is 1. The van der Waals surface area contributed by atoms with Crippen LogP contribution in [0, 0.1) is 0 Å². The van der Waals surface area contributed by atoms with Crippen molar-refractivity contribution in [2.45, 2.75) is 19.9 Å². The molecule has 1 N–H and O–H groups in total. The number of esters is 1. The smallest absolute Gasteiger partial charge is 0.359 e.